The zero-order valence-corrected chi connectivity index (χ0v) is 9.13. The van der Waals surface area contributed by atoms with Gasteiger partial charge in [-0.1, -0.05) is 48.5 Å². The van der Waals surface area contributed by atoms with Crippen LogP contribution in [0, 0.1) is 6.07 Å². The van der Waals surface area contributed by atoms with E-state index in [1.807, 2.05) is 48.5 Å². The van der Waals surface area contributed by atoms with Gasteiger partial charge in [-0.3, -0.25) is 0 Å². The Morgan fingerprint density at radius 1 is 1.12 bits per heavy atom. The van der Waals surface area contributed by atoms with Gasteiger partial charge < -0.3 is 5.11 Å². The summed E-state index contributed by atoms with van der Waals surface area (Å²) < 4.78 is 0. The summed E-state index contributed by atoms with van der Waals surface area (Å²) in [7, 11) is 0. The lowest BCUT2D eigenvalue weighted by atomic mass is 9.99. The minimum atomic E-state index is -0.943. The van der Waals surface area contributed by atoms with Crippen LogP contribution in [0.4, 0.5) is 0 Å². The predicted molar refractivity (Wildman–Crippen MR) is 67.4 cm³/mol. The molecule has 0 aliphatic heterocycles. The van der Waals surface area contributed by atoms with E-state index in [9.17, 15) is 4.79 Å². The van der Waals surface area contributed by atoms with E-state index in [0.717, 1.165) is 22.8 Å². The second kappa shape index (κ2) is 5.12. The van der Waals surface area contributed by atoms with E-state index in [2.05, 4.69) is 6.07 Å². The Morgan fingerprint density at radius 2 is 1.82 bits per heavy atom. The monoisotopic (exact) mass is 223 g/mol. The number of aliphatic carboxylic acids is 1. The average Bonchev–Trinajstić information content (AvgIpc) is 2.38. The van der Waals surface area contributed by atoms with Crippen molar-refractivity contribution in [2.24, 2.45) is 0 Å². The van der Waals surface area contributed by atoms with Crippen LogP contribution in [-0.2, 0) is 4.79 Å². The van der Waals surface area contributed by atoms with Gasteiger partial charge in [0.1, 0.15) is 0 Å². The van der Waals surface area contributed by atoms with Crippen LogP contribution < -0.4 is 0 Å². The van der Waals surface area contributed by atoms with E-state index in [1.54, 1.807) is 6.08 Å². The molecule has 83 valence electrons. The van der Waals surface area contributed by atoms with Crippen molar-refractivity contribution in [3.05, 3.63) is 66.2 Å². The SMILES string of the molecule is O=C(O)C=Cc1ccccc1-c1cc[c]cc1. The lowest BCUT2D eigenvalue weighted by Crippen LogP contribution is -1.87. The van der Waals surface area contributed by atoms with E-state index in [0.29, 0.717) is 0 Å². The van der Waals surface area contributed by atoms with E-state index < -0.39 is 5.97 Å². The summed E-state index contributed by atoms with van der Waals surface area (Å²) in [4.78, 5) is 10.5. The van der Waals surface area contributed by atoms with Crippen molar-refractivity contribution in [1.29, 1.82) is 0 Å². The molecule has 2 nitrogen and oxygen atoms in total. The molecular formula is C15H11O2. The lowest BCUT2D eigenvalue weighted by molar-refractivity contribution is -0.131. The van der Waals surface area contributed by atoms with E-state index >= 15 is 0 Å². The number of hydrogen-bond acceptors (Lipinski definition) is 1. The normalized spacial score (nSPS) is 10.6. The highest BCUT2D eigenvalue weighted by Crippen LogP contribution is 2.24. The minimum absolute atomic E-state index is 0.890. The van der Waals surface area contributed by atoms with Crippen molar-refractivity contribution in [3.8, 4) is 11.1 Å². The molecule has 0 aliphatic rings. The van der Waals surface area contributed by atoms with Crippen molar-refractivity contribution in [2.75, 3.05) is 0 Å². The van der Waals surface area contributed by atoms with Gasteiger partial charge in [0, 0.05) is 6.08 Å². The molecule has 0 saturated heterocycles. The molecule has 0 atom stereocenters. The maximum Gasteiger partial charge on any atom is 0.328 e. The van der Waals surface area contributed by atoms with Crippen LogP contribution in [-0.4, -0.2) is 11.1 Å². The molecule has 0 fully saturated rings. The predicted octanol–water partition coefficient (Wildman–Crippen LogP) is 3.25. The largest absolute Gasteiger partial charge is 0.478 e. The van der Waals surface area contributed by atoms with Crippen LogP contribution in [0.2, 0.25) is 0 Å². The molecule has 0 aliphatic carbocycles. The summed E-state index contributed by atoms with van der Waals surface area (Å²) in [5, 5.41) is 8.64. The second-order valence-electron chi connectivity index (χ2n) is 3.55. The first kappa shape index (κ1) is 11.1. The van der Waals surface area contributed by atoms with E-state index in [4.69, 9.17) is 5.11 Å². The average molecular weight is 223 g/mol. The minimum Gasteiger partial charge on any atom is -0.478 e. The molecule has 1 radical (unpaired) electrons. The first-order valence-electron chi connectivity index (χ1n) is 5.24. The van der Waals surface area contributed by atoms with Gasteiger partial charge in [0.15, 0.2) is 0 Å². The quantitative estimate of drug-likeness (QED) is 0.811. The van der Waals surface area contributed by atoms with Crippen LogP contribution >= 0.6 is 0 Å². The molecule has 0 aromatic heterocycles. The molecule has 1 N–H and O–H groups in total. The highest BCUT2D eigenvalue weighted by Gasteiger charge is 2.01. The van der Waals surface area contributed by atoms with Crippen molar-refractivity contribution >= 4 is 12.0 Å². The molecule has 0 amide bonds. The maximum absolute atomic E-state index is 10.5. The van der Waals surface area contributed by atoms with E-state index in [-0.39, 0.29) is 0 Å². The molecule has 17 heavy (non-hydrogen) atoms. The Morgan fingerprint density at radius 3 is 2.53 bits per heavy atom. The molecule has 2 rings (SSSR count). The highest BCUT2D eigenvalue weighted by atomic mass is 16.4. The van der Waals surface area contributed by atoms with Crippen molar-refractivity contribution in [1.82, 2.24) is 0 Å². The summed E-state index contributed by atoms with van der Waals surface area (Å²) in [5.74, 6) is -0.943. The third-order valence-electron chi connectivity index (χ3n) is 2.40. The first-order chi connectivity index (χ1) is 8.27. The molecular weight excluding hydrogens is 212 g/mol. The summed E-state index contributed by atoms with van der Waals surface area (Å²) in [6, 6.07) is 18.2. The Bertz CT molecular complexity index is 542. The number of carbonyl (C=O) groups is 1. The van der Waals surface area contributed by atoms with Crippen molar-refractivity contribution < 1.29 is 9.90 Å². The van der Waals surface area contributed by atoms with Gasteiger partial charge in [0.05, 0.1) is 0 Å². The topological polar surface area (TPSA) is 37.3 Å². The molecule has 2 aromatic carbocycles. The molecule has 0 bridgehead atoms. The Labute approximate surface area is 99.8 Å². The zero-order valence-electron chi connectivity index (χ0n) is 9.13. The van der Waals surface area contributed by atoms with Gasteiger partial charge in [-0.25, -0.2) is 4.79 Å². The van der Waals surface area contributed by atoms with Gasteiger partial charge in [0.2, 0.25) is 0 Å². The summed E-state index contributed by atoms with van der Waals surface area (Å²) in [6.07, 6.45) is 2.75. The van der Waals surface area contributed by atoms with Gasteiger partial charge in [-0.15, -0.1) is 0 Å². The fraction of sp³-hybridized carbons (Fsp3) is 0. The number of benzene rings is 2. The van der Waals surface area contributed by atoms with Crippen molar-refractivity contribution in [2.45, 2.75) is 0 Å². The Kier molecular flexibility index (Phi) is 3.36. The smallest absolute Gasteiger partial charge is 0.328 e. The summed E-state index contributed by atoms with van der Waals surface area (Å²) >= 11 is 0. The van der Waals surface area contributed by atoms with Gasteiger partial charge in [0.25, 0.3) is 0 Å². The first-order valence-corrected chi connectivity index (χ1v) is 5.24. The fourth-order valence-electron chi connectivity index (χ4n) is 1.63. The lowest BCUT2D eigenvalue weighted by Gasteiger charge is -2.05. The molecule has 0 heterocycles. The van der Waals surface area contributed by atoms with Gasteiger partial charge in [-0.05, 0) is 28.8 Å². The standard InChI is InChI=1S/C15H11O2/c16-15(17)11-10-13-8-4-5-9-14(13)12-6-2-1-3-7-12/h2-11H,(H,16,17). The summed E-state index contributed by atoms with van der Waals surface area (Å²) in [6.45, 7) is 0. The zero-order chi connectivity index (χ0) is 12.1. The number of rotatable bonds is 3. The molecule has 2 heteroatoms. The second-order valence-corrected chi connectivity index (χ2v) is 3.55. The van der Waals surface area contributed by atoms with Crippen LogP contribution in [0.15, 0.2) is 54.6 Å². The van der Waals surface area contributed by atoms with Crippen molar-refractivity contribution in [3.63, 3.8) is 0 Å². The van der Waals surface area contributed by atoms with Gasteiger partial charge >= 0.3 is 5.97 Å². The van der Waals surface area contributed by atoms with E-state index in [1.165, 1.54) is 0 Å². The third-order valence-corrected chi connectivity index (χ3v) is 2.40. The number of carboxylic acid groups (broad SMARTS) is 1. The van der Waals surface area contributed by atoms with Gasteiger partial charge in [-0.2, -0.15) is 0 Å². The van der Waals surface area contributed by atoms with Crippen LogP contribution in [0.25, 0.3) is 17.2 Å². The Balaban J connectivity index is 2.45. The molecule has 0 spiro atoms. The highest BCUT2D eigenvalue weighted by molar-refractivity contribution is 5.87. The molecule has 2 aromatic rings. The molecule has 0 saturated carbocycles. The van der Waals surface area contributed by atoms with Crippen LogP contribution in [0.3, 0.4) is 0 Å². The summed E-state index contributed by atoms with van der Waals surface area (Å²) in [5.41, 5.74) is 2.95. The third kappa shape index (κ3) is 2.82. The maximum atomic E-state index is 10.5. The fourth-order valence-corrected chi connectivity index (χ4v) is 1.63. The molecule has 0 unspecified atom stereocenters. The Hall–Kier alpha value is -2.35. The van der Waals surface area contributed by atoms with Crippen LogP contribution in [0.1, 0.15) is 5.56 Å². The number of carboxylic acids is 1. The van der Waals surface area contributed by atoms with Crippen LogP contribution in [0.5, 0.6) is 0 Å². The number of hydrogen-bond donors (Lipinski definition) is 1.